The first-order chi connectivity index (χ1) is 21.7. The van der Waals surface area contributed by atoms with Crippen LogP contribution in [0.5, 0.6) is 11.5 Å². The van der Waals surface area contributed by atoms with E-state index in [1.54, 1.807) is 36.2 Å². The van der Waals surface area contributed by atoms with Crippen LogP contribution in [0.15, 0.2) is 64.3 Å². The van der Waals surface area contributed by atoms with Gasteiger partial charge in [-0.3, -0.25) is 9.79 Å². The Hall–Kier alpha value is -5.40. The SMILES string of the molecule is CNc1ncnc2c1C(c1ccc(Oc3c(F)c(F)cc(F)c3F)cc1F)=NC2[C@@H]1CCN(C(=O)c2nc3ccccc3o2)C1. The maximum atomic E-state index is 15.6. The fourth-order valence-corrected chi connectivity index (χ4v) is 5.68. The molecule has 5 aromatic rings. The molecule has 0 saturated carbocycles. The smallest absolute Gasteiger partial charge is 0.309 e. The molecular formula is C31H21F5N6O3. The van der Waals surface area contributed by atoms with Crippen molar-refractivity contribution in [2.24, 2.45) is 10.9 Å². The molecule has 1 unspecified atom stereocenters. The van der Waals surface area contributed by atoms with Gasteiger partial charge in [-0.05, 0) is 30.7 Å². The molecule has 2 aliphatic heterocycles. The lowest BCUT2D eigenvalue weighted by Crippen LogP contribution is -2.29. The normalized spacial score (nSPS) is 17.5. The minimum Gasteiger partial charge on any atom is -0.451 e. The minimum absolute atomic E-state index is 0.00108. The van der Waals surface area contributed by atoms with E-state index in [1.807, 2.05) is 0 Å². The van der Waals surface area contributed by atoms with Crippen LogP contribution in [-0.4, -0.2) is 51.6 Å². The molecule has 1 amide bonds. The summed E-state index contributed by atoms with van der Waals surface area (Å²) in [5, 5.41) is 2.97. The number of carbonyl (C=O) groups excluding carboxylic acids is 1. The van der Waals surface area contributed by atoms with Crippen molar-refractivity contribution < 1.29 is 35.9 Å². The summed E-state index contributed by atoms with van der Waals surface area (Å²) in [5.41, 5.74) is 2.27. The number of carbonyl (C=O) groups is 1. The van der Waals surface area contributed by atoms with Gasteiger partial charge in [0.1, 0.15) is 29.2 Å². The van der Waals surface area contributed by atoms with Crippen LogP contribution in [0.25, 0.3) is 11.1 Å². The molecular weight excluding hydrogens is 599 g/mol. The van der Waals surface area contributed by atoms with Gasteiger partial charge >= 0.3 is 5.91 Å². The van der Waals surface area contributed by atoms with Crippen LogP contribution in [0.3, 0.4) is 0 Å². The number of oxazole rings is 1. The van der Waals surface area contributed by atoms with Gasteiger partial charge in [-0.15, -0.1) is 0 Å². The Morgan fingerprint density at radius 3 is 2.51 bits per heavy atom. The van der Waals surface area contributed by atoms with Gasteiger partial charge in [-0.25, -0.2) is 28.1 Å². The van der Waals surface area contributed by atoms with Crippen molar-refractivity contribution >= 4 is 28.5 Å². The van der Waals surface area contributed by atoms with Gasteiger partial charge in [-0.1, -0.05) is 12.1 Å². The van der Waals surface area contributed by atoms with E-state index in [0.717, 1.165) is 6.07 Å². The molecule has 7 rings (SSSR count). The number of benzene rings is 3. The van der Waals surface area contributed by atoms with Gasteiger partial charge in [0, 0.05) is 43.8 Å². The summed E-state index contributed by atoms with van der Waals surface area (Å²) >= 11 is 0. The second-order valence-electron chi connectivity index (χ2n) is 10.5. The number of fused-ring (bicyclic) bond motifs is 2. The number of amides is 1. The Bertz CT molecular complexity index is 1970. The van der Waals surface area contributed by atoms with E-state index in [9.17, 15) is 22.4 Å². The van der Waals surface area contributed by atoms with E-state index in [1.165, 1.54) is 18.5 Å². The number of aliphatic imine (C=N–C) groups is 1. The maximum Gasteiger partial charge on any atom is 0.309 e. The topological polar surface area (TPSA) is 106 Å². The Labute approximate surface area is 251 Å². The molecule has 2 atom stereocenters. The molecule has 4 heterocycles. The summed E-state index contributed by atoms with van der Waals surface area (Å²) < 4.78 is 81.9. The lowest BCUT2D eigenvalue weighted by Gasteiger charge is -2.18. The van der Waals surface area contributed by atoms with E-state index >= 15 is 4.39 Å². The van der Waals surface area contributed by atoms with Crippen molar-refractivity contribution in [2.45, 2.75) is 12.5 Å². The molecule has 0 bridgehead atoms. The molecule has 0 spiro atoms. The quantitative estimate of drug-likeness (QED) is 0.178. The second-order valence-corrected chi connectivity index (χ2v) is 10.5. The number of rotatable bonds is 6. The zero-order valence-corrected chi connectivity index (χ0v) is 23.3. The number of nitrogens with zero attached hydrogens (tertiary/aromatic N) is 5. The number of halogens is 5. The third-order valence-electron chi connectivity index (χ3n) is 7.82. The molecule has 2 aliphatic rings. The number of para-hydroxylation sites is 2. The third-order valence-corrected chi connectivity index (χ3v) is 7.82. The van der Waals surface area contributed by atoms with Gasteiger partial charge in [0.15, 0.2) is 17.2 Å². The van der Waals surface area contributed by atoms with Crippen molar-refractivity contribution in [3.63, 3.8) is 0 Å². The van der Waals surface area contributed by atoms with Crippen LogP contribution in [0.4, 0.5) is 27.8 Å². The molecule has 45 heavy (non-hydrogen) atoms. The number of hydrogen-bond acceptors (Lipinski definition) is 8. The van der Waals surface area contributed by atoms with Crippen LogP contribution >= 0.6 is 0 Å². The van der Waals surface area contributed by atoms with Crippen LogP contribution in [0.1, 0.15) is 40.0 Å². The summed E-state index contributed by atoms with van der Waals surface area (Å²) in [6.45, 7) is 0.727. The lowest BCUT2D eigenvalue weighted by atomic mass is 9.94. The van der Waals surface area contributed by atoms with Gasteiger partial charge in [-0.2, -0.15) is 8.78 Å². The molecule has 0 radical (unpaired) electrons. The number of aromatic nitrogens is 3. The van der Waals surface area contributed by atoms with Crippen LogP contribution < -0.4 is 10.1 Å². The minimum atomic E-state index is -1.76. The molecule has 2 aromatic heterocycles. The highest BCUT2D eigenvalue weighted by molar-refractivity contribution is 6.18. The lowest BCUT2D eigenvalue weighted by molar-refractivity contribution is 0.0748. The van der Waals surface area contributed by atoms with Gasteiger partial charge in [0.25, 0.3) is 5.89 Å². The summed E-state index contributed by atoms with van der Waals surface area (Å²) in [6.07, 6.45) is 1.93. The number of anilines is 1. The van der Waals surface area contributed by atoms with Gasteiger partial charge < -0.3 is 19.4 Å². The van der Waals surface area contributed by atoms with E-state index < -0.39 is 46.6 Å². The molecule has 3 aromatic carbocycles. The van der Waals surface area contributed by atoms with Crippen molar-refractivity contribution in [3.8, 4) is 11.5 Å². The Balaban J connectivity index is 1.19. The van der Waals surface area contributed by atoms with Gasteiger partial charge in [0.2, 0.25) is 17.4 Å². The molecule has 14 heteroatoms. The molecule has 1 saturated heterocycles. The monoisotopic (exact) mass is 620 g/mol. The van der Waals surface area contributed by atoms with Crippen LogP contribution in [0.2, 0.25) is 0 Å². The largest absolute Gasteiger partial charge is 0.451 e. The molecule has 1 N–H and O–H groups in total. The third kappa shape index (κ3) is 4.82. The summed E-state index contributed by atoms with van der Waals surface area (Å²) in [4.78, 5) is 32.7. The first kappa shape index (κ1) is 28.4. The molecule has 0 aliphatic carbocycles. The Kier molecular flexibility index (Phi) is 6.90. The molecule has 1 fully saturated rings. The van der Waals surface area contributed by atoms with E-state index in [4.69, 9.17) is 14.1 Å². The average molecular weight is 621 g/mol. The van der Waals surface area contributed by atoms with Gasteiger partial charge in [0.05, 0.1) is 23.0 Å². The van der Waals surface area contributed by atoms with Crippen molar-refractivity contribution in [2.75, 3.05) is 25.5 Å². The zero-order valence-electron chi connectivity index (χ0n) is 23.3. The van der Waals surface area contributed by atoms with E-state index in [-0.39, 0.29) is 35.1 Å². The average Bonchev–Trinajstić information content (AvgIpc) is 3.79. The first-order valence-corrected chi connectivity index (χ1v) is 13.8. The maximum absolute atomic E-state index is 15.6. The number of nitrogens with one attached hydrogen (secondary N) is 1. The summed E-state index contributed by atoms with van der Waals surface area (Å²) in [6, 6.07) is 9.84. The number of hydrogen-bond donors (Lipinski definition) is 1. The standard InChI is InChI=1S/C31H21F5N6O3/c1-37-29-22-26(16-7-6-15(10-17(16)32)44-28-23(35)18(33)11-19(34)24(28)36)41-25(27(22)38-13-39-29)14-8-9-42(12-14)31(43)30-40-20-4-2-3-5-21(20)45-30/h2-7,10-11,13-14,25H,8-9,12H2,1H3,(H,37,38,39)/t14-,25?/m1/s1. The number of likely N-dealkylation sites (tertiary alicyclic amines) is 1. The highest BCUT2D eigenvalue weighted by Crippen LogP contribution is 2.42. The van der Waals surface area contributed by atoms with E-state index in [0.29, 0.717) is 47.7 Å². The Morgan fingerprint density at radius 2 is 1.78 bits per heavy atom. The molecule has 9 nitrogen and oxygen atoms in total. The van der Waals surface area contributed by atoms with Crippen molar-refractivity contribution in [3.05, 3.63) is 107 Å². The van der Waals surface area contributed by atoms with Crippen molar-refractivity contribution in [1.82, 2.24) is 19.9 Å². The fraction of sp³-hybridized carbons (Fsp3) is 0.194. The predicted molar refractivity (Wildman–Crippen MR) is 151 cm³/mol. The highest BCUT2D eigenvalue weighted by Gasteiger charge is 2.41. The number of ether oxygens (including phenoxy) is 1. The predicted octanol–water partition coefficient (Wildman–Crippen LogP) is 6.20. The molecule has 228 valence electrons. The summed E-state index contributed by atoms with van der Waals surface area (Å²) in [5.74, 6) is -9.65. The van der Waals surface area contributed by atoms with Crippen LogP contribution in [-0.2, 0) is 0 Å². The van der Waals surface area contributed by atoms with E-state index in [2.05, 4.69) is 20.3 Å². The van der Waals surface area contributed by atoms with Crippen molar-refractivity contribution in [1.29, 1.82) is 0 Å². The fourth-order valence-electron chi connectivity index (χ4n) is 5.68. The first-order valence-electron chi connectivity index (χ1n) is 13.8. The zero-order chi connectivity index (χ0) is 31.4. The van der Waals surface area contributed by atoms with Crippen LogP contribution in [0, 0.1) is 35.0 Å². The Morgan fingerprint density at radius 1 is 1.00 bits per heavy atom. The summed E-state index contributed by atoms with van der Waals surface area (Å²) in [7, 11) is 1.64. The highest BCUT2D eigenvalue weighted by atomic mass is 19.2. The second kappa shape index (κ2) is 10.9.